The zero-order chi connectivity index (χ0) is 26.7. The van der Waals surface area contributed by atoms with E-state index in [4.69, 9.17) is 0 Å². The largest absolute Gasteiger partial charge is 0.319 e. The Kier molecular flexibility index (Phi) is 5.96. The molecule has 6 heterocycles. The maximum Gasteiger partial charge on any atom is 0.259 e. The zero-order valence-corrected chi connectivity index (χ0v) is 20.9. The van der Waals surface area contributed by atoms with E-state index in [0.29, 0.717) is 30.1 Å². The average molecular weight is 539 g/mol. The van der Waals surface area contributed by atoms with Crippen LogP contribution < -0.4 is 10.6 Å². The molecule has 1 aromatic carbocycles. The van der Waals surface area contributed by atoms with Gasteiger partial charge in [0.2, 0.25) is 5.95 Å². The van der Waals surface area contributed by atoms with Crippen LogP contribution in [0.4, 0.5) is 29.3 Å². The monoisotopic (exact) mass is 538 g/mol. The molecular formula is C27H26F4N8. The molecule has 2 fully saturated rings. The van der Waals surface area contributed by atoms with Gasteiger partial charge in [-0.1, -0.05) is 6.07 Å². The predicted octanol–water partition coefficient (Wildman–Crippen LogP) is 4.60. The highest BCUT2D eigenvalue weighted by atomic mass is 19.3. The second kappa shape index (κ2) is 9.53. The summed E-state index contributed by atoms with van der Waals surface area (Å²) < 4.78 is 58.4. The number of fused-ring (bicyclic) bond motifs is 5. The Hall–Kier alpha value is -3.64. The summed E-state index contributed by atoms with van der Waals surface area (Å²) in [4.78, 5) is 19.4. The summed E-state index contributed by atoms with van der Waals surface area (Å²) in [5.74, 6) is -0.531. The Morgan fingerprint density at radius 1 is 0.974 bits per heavy atom. The fraction of sp³-hybridized carbons (Fsp3) is 0.407. The van der Waals surface area contributed by atoms with Crippen molar-refractivity contribution in [3.63, 3.8) is 0 Å². The summed E-state index contributed by atoms with van der Waals surface area (Å²) >= 11 is 0. The lowest BCUT2D eigenvalue weighted by Gasteiger charge is -2.32. The molecule has 3 aliphatic heterocycles. The van der Waals surface area contributed by atoms with Gasteiger partial charge in [0.1, 0.15) is 22.9 Å². The Morgan fingerprint density at radius 2 is 1.79 bits per heavy atom. The van der Waals surface area contributed by atoms with E-state index in [9.17, 15) is 17.6 Å². The number of halogens is 4. The maximum absolute atomic E-state index is 15.0. The van der Waals surface area contributed by atoms with Crippen LogP contribution >= 0.6 is 0 Å². The summed E-state index contributed by atoms with van der Waals surface area (Å²) in [5, 5.41) is 6.60. The van der Waals surface area contributed by atoms with Crippen LogP contribution in [0.5, 0.6) is 0 Å². The number of hydrogen-bond acceptors (Lipinski definition) is 7. The number of nitrogens with one attached hydrogen (secondary N) is 2. The van der Waals surface area contributed by atoms with Crippen molar-refractivity contribution in [2.75, 3.05) is 18.4 Å². The quantitative estimate of drug-likeness (QED) is 0.347. The van der Waals surface area contributed by atoms with Crippen LogP contribution in [-0.4, -0.2) is 61.0 Å². The highest BCUT2D eigenvalue weighted by Crippen LogP contribution is 2.37. The first kappa shape index (κ1) is 24.4. The van der Waals surface area contributed by atoms with E-state index in [1.807, 2.05) is 12.1 Å². The van der Waals surface area contributed by atoms with Crippen LogP contribution in [-0.2, 0) is 13.0 Å². The predicted molar refractivity (Wildman–Crippen MR) is 137 cm³/mol. The summed E-state index contributed by atoms with van der Waals surface area (Å²) in [6, 6.07) is 6.40. The van der Waals surface area contributed by atoms with Crippen LogP contribution in [0.1, 0.15) is 36.7 Å². The Morgan fingerprint density at radius 3 is 2.54 bits per heavy atom. The molecule has 2 saturated heterocycles. The van der Waals surface area contributed by atoms with Gasteiger partial charge in [0.15, 0.2) is 11.6 Å². The summed E-state index contributed by atoms with van der Waals surface area (Å²) in [5.41, 5.74) is 1.23. The fourth-order valence-electron chi connectivity index (χ4n) is 6.14. The smallest absolute Gasteiger partial charge is 0.259 e. The number of benzene rings is 1. The minimum atomic E-state index is -2.62. The molecule has 0 saturated carbocycles. The van der Waals surface area contributed by atoms with E-state index in [2.05, 4.69) is 35.5 Å². The fourth-order valence-corrected chi connectivity index (χ4v) is 6.14. The van der Waals surface area contributed by atoms with E-state index in [-0.39, 0.29) is 34.7 Å². The van der Waals surface area contributed by atoms with Crippen LogP contribution in [0.25, 0.3) is 22.3 Å². The maximum atomic E-state index is 15.0. The number of imidazole rings is 1. The normalized spacial score (nSPS) is 22.6. The molecular weight excluding hydrogens is 512 g/mol. The molecule has 0 radical (unpaired) electrons. The van der Waals surface area contributed by atoms with Gasteiger partial charge in [0.05, 0.1) is 17.8 Å². The first-order valence-corrected chi connectivity index (χ1v) is 13.1. The number of piperazine rings is 1. The number of aromatic nitrogens is 5. The molecule has 2 unspecified atom stereocenters. The van der Waals surface area contributed by atoms with E-state index < -0.39 is 24.1 Å². The van der Waals surface area contributed by atoms with Gasteiger partial charge >= 0.3 is 0 Å². The molecule has 3 aliphatic rings. The molecule has 0 spiro atoms. The lowest BCUT2D eigenvalue weighted by Crippen LogP contribution is -2.50. The van der Waals surface area contributed by atoms with Crippen molar-refractivity contribution in [1.29, 1.82) is 0 Å². The standard InChI is InChI=1S/C27H26F4N8/c28-18-7-15(8-21-25(18)36-23-6-4-20(26(30)31)39(21)23)24-19(29)10-33-27(37-24)35-22-5-1-14(9-32-22)11-38-12-16-2-3-17(13-38)34-16/h1,5,7-10,16-17,20,26,34H,2-4,6,11-13H2,(H,32,33,35,37)/t16?,17?,20-/m0/s1. The lowest BCUT2D eigenvalue weighted by molar-refractivity contribution is 0.0883. The number of aryl methyl sites for hydroxylation is 1. The van der Waals surface area contributed by atoms with Crippen molar-refractivity contribution in [3.05, 3.63) is 59.7 Å². The molecule has 2 bridgehead atoms. The third kappa shape index (κ3) is 4.51. The van der Waals surface area contributed by atoms with Crippen LogP contribution in [0, 0.1) is 11.6 Å². The lowest BCUT2D eigenvalue weighted by atomic mass is 10.1. The van der Waals surface area contributed by atoms with Gasteiger partial charge in [-0.15, -0.1) is 0 Å². The van der Waals surface area contributed by atoms with Gasteiger partial charge in [0.25, 0.3) is 6.43 Å². The van der Waals surface area contributed by atoms with Gasteiger partial charge in [-0.05, 0) is 43.0 Å². The Labute approximate surface area is 221 Å². The minimum absolute atomic E-state index is 0.00956. The summed E-state index contributed by atoms with van der Waals surface area (Å²) in [7, 11) is 0. The molecule has 7 rings (SSSR count). The van der Waals surface area contributed by atoms with Gasteiger partial charge < -0.3 is 15.2 Å². The second-order valence-corrected chi connectivity index (χ2v) is 10.6. The molecule has 3 atom stereocenters. The SMILES string of the molecule is Fc1cnc(Nc2ccc(CN3CC4CCC(C3)N4)cn2)nc1-c1cc(F)c2nc3n(c2c1)[C@H](C(F)F)CC3. The molecule has 2 N–H and O–H groups in total. The van der Waals surface area contributed by atoms with E-state index in [1.54, 1.807) is 6.20 Å². The number of pyridine rings is 1. The van der Waals surface area contributed by atoms with Gasteiger partial charge in [-0.3, -0.25) is 4.90 Å². The zero-order valence-electron chi connectivity index (χ0n) is 20.9. The van der Waals surface area contributed by atoms with Crippen LogP contribution in [0.15, 0.2) is 36.7 Å². The summed E-state index contributed by atoms with van der Waals surface area (Å²) in [6.45, 7) is 2.87. The number of hydrogen-bond donors (Lipinski definition) is 2. The number of likely N-dealkylation sites (tertiary alicyclic amines) is 1. The molecule has 3 aromatic heterocycles. The molecule has 12 heteroatoms. The topological polar surface area (TPSA) is 83.8 Å². The van der Waals surface area contributed by atoms with Crippen molar-refractivity contribution in [2.45, 2.75) is 56.8 Å². The molecule has 0 amide bonds. The van der Waals surface area contributed by atoms with Gasteiger partial charge in [-0.25, -0.2) is 37.5 Å². The van der Waals surface area contributed by atoms with E-state index in [1.165, 1.54) is 23.5 Å². The first-order chi connectivity index (χ1) is 18.9. The van der Waals surface area contributed by atoms with Crippen molar-refractivity contribution < 1.29 is 17.6 Å². The molecule has 4 aromatic rings. The van der Waals surface area contributed by atoms with Crippen molar-refractivity contribution in [1.82, 2.24) is 34.7 Å². The summed E-state index contributed by atoms with van der Waals surface area (Å²) in [6.07, 6.45) is 3.17. The van der Waals surface area contributed by atoms with Crippen molar-refractivity contribution in [2.24, 2.45) is 0 Å². The minimum Gasteiger partial charge on any atom is -0.319 e. The highest BCUT2D eigenvalue weighted by Gasteiger charge is 2.34. The number of anilines is 2. The Balaban J connectivity index is 1.13. The molecule has 39 heavy (non-hydrogen) atoms. The number of alkyl halides is 2. The van der Waals surface area contributed by atoms with Crippen LogP contribution in [0.3, 0.4) is 0 Å². The molecule has 0 aliphatic carbocycles. The third-order valence-corrected chi connectivity index (χ3v) is 7.89. The second-order valence-electron chi connectivity index (χ2n) is 10.6. The van der Waals surface area contributed by atoms with Crippen LogP contribution in [0.2, 0.25) is 0 Å². The first-order valence-electron chi connectivity index (χ1n) is 13.1. The van der Waals surface area contributed by atoms with Crippen molar-refractivity contribution >= 4 is 22.8 Å². The number of rotatable bonds is 6. The Bertz CT molecular complexity index is 1530. The molecule has 8 nitrogen and oxygen atoms in total. The third-order valence-electron chi connectivity index (χ3n) is 7.89. The van der Waals surface area contributed by atoms with Gasteiger partial charge in [0, 0.05) is 49.9 Å². The number of nitrogens with zero attached hydrogens (tertiary/aromatic N) is 6. The van der Waals surface area contributed by atoms with E-state index in [0.717, 1.165) is 37.5 Å². The average Bonchev–Trinajstić information content (AvgIpc) is 3.60. The highest BCUT2D eigenvalue weighted by molar-refractivity contribution is 5.83. The van der Waals surface area contributed by atoms with E-state index >= 15 is 0 Å². The van der Waals surface area contributed by atoms with Crippen molar-refractivity contribution in [3.8, 4) is 11.3 Å². The molecule has 202 valence electrons. The van der Waals surface area contributed by atoms with Gasteiger partial charge in [-0.2, -0.15) is 0 Å².